The van der Waals surface area contributed by atoms with Gasteiger partial charge in [0.15, 0.2) is 6.61 Å². The second-order valence-electron chi connectivity index (χ2n) is 6.75. The lowest BCUT2D eigenvalue weighted by atomic mass is 9.44. The van der Waals surface area contributed by atoms with Crippen LogP contribution in [0.5, 0.6) is 5.75 Å². The van der Waals surface area contributed by atoms with Crippen molar-refractivity contribution in [3.05, 3.63) is 34.9 Å². The van der Waals surface area contributed by atoms with E-state index in [1.54, 1.807) is 6.92 Å². The number of hydrogen-bond acceptors (Lipinski definition) is 6. The standard InChI is InChI=1S/C16H16ClFN4O3/c1-9-21-22-14(25-9)20-16-6-15(7-16,8-16)19-13(23)5-24-10-2-3-11(17)12(18)4-10/h2-4H,5-8H2,1H3,(H,19,23)(H,20,22). The molecular weight excluding hydrogens is 351 g/mol. The Kier molecular flexibility index (Phi) is 3.61. The summed E-state index contributed by atoms with van der Waals surface area (Å²) in [5.41, 5.74) is -0.278. The van der Waals surface area contributed by atoms with Gasteiger partial charge in [-0.05, 0) is 31.4 Å². The maximum Gasteiger partial charge on any atom is 0.315 e. The van der Waals surface area contributed by atoms with E-state index >= 15 is 0 Å². The number of carbonyl (C=O) groups excluding carboxylic acids is 1. The number of aromatic nitrogens is 2. The second-order valence-corrected chi connectivity index (χ2v) is 7.16. The monoisotopic (exact) mass is 366 g/mol. The molecule has 7 nitrogen and oxygen atoms in total. The number of benzene rings is 1. The molecule has 25 heavy (non-hydrogen) atoms. The minimum atomic E-state index is -0.580. The highest BCUT2D eigenvalue weighted by Gasteiger charge is 2.69. The first-order chi connectivity index (χ1) is 11.9. The first kappa shape index (κ1) is 16.1. The van der Waals surface area contributed by atoms with Crippen LogP contribution in [-0.4, -0.2) is 33.8 Å². The maximum absolute atomic E-state index is 13.3. The van der Waals surface area contributed by atoms with Crippen molar-refractivity contribution >= 4 is 23.5 Å². The largest absolute Gasteiger partial charge is 0.484 e. The summed E-state index contributed by atoms with van der Waals surface area (Å²) in [6.07, 6.45) is 2.38. The van der Waals surface area contributed by atoms with Crippen molar-refractivity contribution in [2.75, 3.05) is 11.9 Å². The zero-order chi connectivity index (χ0) is 17.7. The fraction of sp³-hybridized carbons (Fsp3) is 0.438. The van der Waals surface area contributed by atoms with Crippen molar-refractivity contribution in [1.82, 2.24) is 15.5 Å². The maximum atomic E-state index is 13.3. The van der Waals surface area contributed by atoms with E-state index in [-0.39, 0.29) is 34.4 Å². The number of carbonyl (C=O) groups is 1. The topological polar surface area (TPSA) is 89.3 Å². The normalized spacial score (nSPS) is 26.4. The van der Waals surface area contributed by atoms with Crippen LogP contribution in [0.25, 0.3) is 0 Å². The predicted molar refractivity (Wildman–Crippen MR) is 87.0 cm³/mol. The van der Waals surface area contributed by atoms with E-state index < -0.39 is 5.82 Å². The summed E-state index contributed by atoms with van der Waals surface area (Å²) in [4.78, 5) is 12.1. The highest BCUT2D eigenvalue weighted by Crippen LogP contribution is 2.61. The lowest BCUT2D eigenvalue weighted by Crippen LogP contribution is -2.81. The Bertz CT molecular complexity index is 821. The number of nitrogens with one attached hydrogen (secondary N) is 2. The summed E-state index contributed by atoms with van der Waals surface area (Å²) in [6, 6.07) is 4.47. The first-order valence-electron chi connectivity index (χ1n) is 7.84. The van der Waals surface area contributed by atoms with Crippen LogP contribution < -0.4 is 15.4 Å². The lowest BCUT2D eigenvalue weighted by Gasteiger charge is -2.70. The van der Waals surface area contributed by atoms with Crippen LogP contribution in [0, 0.1) is 12.7 Å². The van der Waals surface area contributed by atoms with Gasteiger partial charge in [-0.15, -0.1) is 5.10 Å². The third kappa shape index (κ3) is 3.02. The molecule has 132 valence electrons. The zero-order valence-electron chi connectivity index (χ0n) is 13.4. The molecule has 3 fully saturated rings. The minimum Gasteiger partial charge on any atom is -0.484 e. The van der Waals surface area contributed by atoms with Gasteiger partial charge in [0.1, 0.15) is 11.6 Å². The number of halogens is 2. The molecule has 3 saturated carbocycles. The van der Waals surface area contributed by atoms with Gasteiger partial charge in [-0.2, -0.15) is 0 Å². The quantitative estimate of drug-likeness (QED) is 0.816. The molecule has 2 aromatic rings. The summed E-state index contributed by atoms with van der Waals surface area (Å²) in [5, 5.41) is 13.9. The molecule has 2 bridgehead atoms. The molecule has 5 rings (SSSR count). The Hall–Kier alpha value is -2.35. The highest BCUT2D eigenvalue weighted by molar-refractivity contribution is 6.30. The number of aryl methyl sites for hydroxylation is 1. The van der Waals surface area contributed by atoms with Gasteiger partial charge < -0.3 is 19.8 Å². The summed E-state index contributed by atoms with van der Waals surface area (Å²) in [7, 11) is 0. The number of amides is 1. The van der Waals surface area contributed by atoms with Crippen molar-refractivity contribution in [3.63, 3.8) is 0 Å². The molecule has 3 aliphatic carbocycles. The summed E-state index contributed by atoms with van der Waals surface area (Å²) < 4.78 is 23.9. The average Bonchev–Trinajstić information content (AvgIpc) is 2.90. The van der Waals surface area contributed by atoms with Crippen molar-refractivity contribution in [2.45, 2.75) is 37.3 Å². The number of hydrogen-bond donors (Lipinski definition) is 2. The summed E-state index contributed by atoms with van der Waals surface area (Å²) >= 11 is 5.60. The minimum absolute atomic E-state index is 0.0138. The Balaban J connectivity index is 1.24. The molecule has 1 aromatic carbocycles. The van der Waals surface area contributed by atoms with Crippen molar-refractivity contribution in [2.24, 2.45) is 0 Å². The third-order valence-electron chi connectivity index (χ3n) is 4.59. The molecule has 0 saturated heterocycles. The lowest BCUT2D eigenvalue weighted by molar-refractivity contribution is -0.135. The van der Waals surface area contributed by atoms with E-state index in [9.17, 15) is 9.18 Å². The van der Waals surface area contributed by atoms with E-state index in [4.69, 9.17) is 20.8 Å². The van der Waals surface area contributed by atoms with E-state index in [1.165, 1.54) is 12.1 Å². The van der Waals surface area contributed by atoms with Gasteiger partial charge in [0.2, 0.25) is 5.89 Å². The fourth-order valence-corrected chi connectivity index (χ4v) is 3.79. The van der Waals surface area contributed by atoms with Crippen molar-refractivity contribution in [1.29, 1.82) is 0 Å². The van der Waals surface area contributed by atoms with Crippen molar-refractivity contribution < 1.29 is 18.3 Å². The van der Waals surface area contributed by atoms with Crippen LogP contribution in [-0.2, 0) is 4.79 Å². The molecule has 0 spiro atoms. The first-order valence-corrected chi connectivity index (χ1v) is 8.22. The van der Waals surface area contributed by atoms with Gasteiger partial charge in [-0.1, -0.05) is 16.7 Å². The third-order valence-corrected chi connectivity index (χ3v) is 4.90. The molecule has 1 heterocycles. The average molecular weight is 367 g/mol. The van der Waals surface area contributed by atoms with E-state index in [1.807, 2.05) is 0 Å². The highest BCUT2D eigenvalue weighted by atomic mass is 35.5. The van der Waals surface area contributed by atoms with Crippen molar-refractivity contribution in [3.8, 4) is 5.75 Å². The number of anilines is 1. The smallest absolute Gasteiger partial charge is 0.315 e. The molecule has 2 N–H and O–H groups in total. The number of rotatable bonds is 6. The van der Waals surface area contributed by atoms with Gasteiger partial charge in [-0.3, -0.25) is 4.79 Å². The number of ether oxygens (including phenoxy) is 1. The Labute approximate surface area is 147 Å². The van der Waals surface area contributed by atoms with Crippen LogP contribution in [0.1, 0.15) is 25.2 Å². The SMILES string of the molecule is Cc1nnc(NC23CC(NC(=O)COc4ccc(Cl)c(F)c4)(C2)C3)o1. The fourth-order valence-electron chi connectivity index (χ4n) is 3.67. The van der Waals surface area contributed by atoms with Crippen LogP contribution in [0.4, 0.5) is 10.4 Å². The molecule has 0 radical (unpaired) electrons. The van der Waals surface area contributed by atoms with Crippen LogP contribution in [0.2, 0.25) is 5.02 Å². The van der Waals surface area contributed by atoms with Crippen LogP contribution in [0.15, 0.2) is 22.6 Å². The van der Waals surface area contributed by atoms with Crippen LogP contribution in [0.3, 0.4) is 0 Å². The zero-order valence-corrected chi connectivity index (χ0v) is 14.2. The van der Waals surface area contributed by atoms with E-state index in [0.717, 1.165) is 25.3 Å². The summed E-state index contributed by atoms with van der Waals surface area (Å²) in [5.74, 6) is -0.0481. The molecule has 9 heteroatoms. The van der Waals surface area contributed by atoms with Gasteiger partial charge >= 0.3 is 6.01 Å². The Morgan fingerprint density at radius 3 is 2.76 bits per heavy atom. The molecule has 0 aliphatic heterocycles. The molecule has 1 aromatic heterocycles. The van der Waals surface area contributed by atoms with Gasteiger partial charge in [-0.25, -0.2) is 4.39 Å². The molecule has 0 atom stereocenters. The Morgan fingerprint density at radius 2 is 2.12 bits per heavy atom. The summed E-state index contributed by atoms with van der Waals surface area (Å²) in [6.45, 7) is 1.56. The van der Waals surface area contributed by atoms with E-state index in [2.05, 4.69) is 20.8 Å². The predicted octanol–water partition coefficient (Wildman–Crippen LogP) is 2.45. The molecule has 1 amide bonds. The Morgan fingerprint density at radius 1 is 1.36 bits per heavy atom. The van der Waals surface area contributed by atoms with Gasteiger partial charge in [0.05, 0.1) is 5.02 Å². The number of nitrogens with zero attached hydrogens (tertiary/aromatic N) is 2. The molecule has 3 aliphatic rings. The van der Waals surface area contributed by atoms with Crippen LogP contribution >= 0.6 is 11.6 Å². The second kappa shape index (κ2) is 5.59. The van der Waals surface area contributed by atoms with Gasteiger partial charge in [0.25, 0.3) is 5.91 Å². The van der Waals surface area contributed by atoms with E-state index in [0.29, 0.717) is 11.9 Å². The van der Waals surface area contributed by atoms with Gasteiger partial charge in [0, 0.05) is 24.1 Å². The molecule has 0 unspecified atom stereocenters. The molecular formula is C16H16ClFN4O3.